The monoisotopic (exact) mass is 251 g/mol. The predicted octanol–water partition coefficient (Wildman–Crippen LogP) is 2.11. The second-order valence-corrected chi connectivity index (χ2v) is 5.41. The number of nitrogens with zero attached hydrogens (tertiary/aromatic N) is 2. The summed E-state index contributed by atoms with van der Waals surface area (Å²) in [6, 6.07) is 0. The Morgan fingerprint density at radius 3 is 2.61 bits per heavy atom. The highest BCUT2D eigenvalue weighted by Crippen LogP contribution is 2.23. The number of aryl methyl sites for hydroxylation is 2. The van der Waals surface area contributed by atoms with Gasteiger partial charge in [-0.2, -0.15) is 0 Å². The molecular formula is C14H25N3O. The smallest absolute Gasteiger partial charge is 0.138 e. The first-order valence-electron chi connectivity index (χ1n) is 6.99. The van der Waals surface area contributed by atoms with Gasteiger partial charge in [-0.25, -0.2) is 0 Å². The molecule has 1 aromatic rings. The first-order chi connectivity index (χ1) is 8.70. The summed E-state index contributed by atoms with van der Waals surface area (Å²) in [5.41, 5.74) is 2.33. The SMILES string of the molecule is CNCCC1CCN(Cc2c(C)noc2C)CC1. The van der Waals surface area contributed by atoms with Crippen molar-refractivity contribution in [2.45, 2.75) is 39.7 Å². The van der Waals surface area contributed by atoms with E-state index in [1.54, 1.807) is 0 Å². The molecule has 102 valence electrons. The molecule has 0 spiro atoms. The molecule has 1 aliphatic heterocycles. The van der Waals surface area contributed by atoms with Crippen LogP contribution in [-0.2, 0) is 6.54 Å². The van der Waals surface area contributed by atoms with Crippen LogP contribution >= 0.6 is 0 Å². The molecule has 4 nitrogen and oxygen atoms in total. The third-order valence-electron chi connectivity index (χ3n) is 4.07. The number of nitrogens with one attached hydrogen (secondary N) is 1. The van der Waals surface area contributed by atoms with E-state index in [2.05, 4.69) is 15.4 Å². The fourth-order valence-corrected chi connectivity index (χ4v) is 2.73. The van der Waals surface area contributed by atoms with Crippen molar-refractivity contribution in [1.82, 2.24) is 15.4 Å². The second-order valence-electron chi connectivity index (χ2n) is 5.41. The Morgan fingerprint density at radius 1 is 1.33 bits per heavy atom. The number of rotatable bonds is 5. The van der Waals surface area contributed by atoms with E-state index in [1.807, 2.05) is 20.9 Å². The van der Waals surface area contributed by atoms with Crippen LogP contribution in [-0.4, -0.2) is 36.7 Å². The Labute approximate surface area is 110 Å². The second kappa shape index (κ2) is 6.34. The van der Waals surface area contributed by atoms with Crippen LogP contribution in [0.2, 0.25) is 0 Å². The summed E-state index contributed by atoms with van der Waals surface area (Å²) in [6.07, 6.45) is 3.96. The number of hydrogen-bond donors (Lipinski definition) is 1. The largest absolute Gasteiger partial charge is 0.361 e. The average Bonchev–Trinajstić information content (AvgIpc) is 2.70. The quantitative estimate of drug-likeness (QED) is 0.870. The molecular weight excluding hydrogens is 226 g/mol. The van der Waals surface area contributed by atoms with E-state index in [-0.39, 0.29) is 0 Å². The molecule has 1 N–H and O–H groups in total. The summed E-state index contributed by atoms with van der Waals surface area (Å²) in [6.45, 7) is 8.60. The van der Waals surface area contributed by atoms with Gasteiger partial charge in [0.05, 0.1) is 5.69 Å². The molecule has 2 heterocycles. The fraction of sp³-hybridized carbons (Fsp3) is 0.786. The molecule has 1 saturated heterocycles. The molecule has 0 bridgehead atoms. The summed E-state index contributed by atoms with van der Waals surface area (Å²) in [5, 5.41) is 7.27. The van der Waals surface area contributed by atoms with E-state index in [0.717, 1.165) is 30.5 Å². The lowest BCUT2D eigenvalue weighted by Gasteiger charge is -2.31. The molecule has 4 heteroatoms. The molecule has 0 amide bonds. The summed E-state index contributed by atoms with van der Waals surface area (Å²) in [4.78, 5) is 2.53. The molecule has 0 saturated carbocycles. The van der Waals surface area contributed by atoms with Crippen LogP contribution in [0.25, 0.3) is 0 Å². The van der Waals surface area contributed by atoms with Crippen LogP contribution in [0.4, 0.5) is 0 Å². The van der Waals surface area contributed by atoms with Crippen molar-refractivity contribution >= 4 is 0 Å². The third-order valence-corrected chi connectivity index (χ3v) is 4.07. The van der Waals surface area contributed by atoms with Crippen LogP contribution in [0.5, 0.6) is 0 Å². The van der Waals surface area contributed by atoms with Gasteiger partial charge in [0, 0.05) is 12.1 Å². The van der Waals surface area contributed by atoms with Gasteiger partial charge < -0.3 is 9.84 Å². The van der Waals surface area contributed by atoms with Crippen molar-refractivity contribution in [3.8, 4) is 0 Å². The molecule has 0 atom stereocenters. The van der Waals surface area contributed by atoms with E-state index in [1.165, 1.54) is 37.9 Å². The zero-order chi connectivity index (χ0) is 13.0. The highest BCUT2D eigenvalue weighted by Gasteiger charge is 2.20. The Kier molecular flexibility index (Phi) is 4.78. The van der Waals surface area contributed by atoms with Gasteiger partial charge in [-0.1, -0.05) is 5.16 Å². The predicted molar refractivity (Wildman–Crippen MR) is 72.5 cm³/mol. The van der Waals surface area contributed by atoms with Gasteiger partial charge >= 0.3 is 0 Å². The highest BCUT2D eigenvalue weighted by molar-refractivity contribution is 5.20. The molecule has 1 aromatic heterocycles. The van der Waals surface area contributed by atoms with Crippen LogP contribution in [0.1, 0.15) is 36.3 Å². The van der Waals surface area contributed by atoms with Gasteiger partial charge in [-0.15, -0.1) is 0 Å². The molecule has 0 radical (unpaired) electrons. The van der Waals surface area contributed by atoms with Crippen molar-refractivity contribution in [1.29, 1.82) is 0 Å². The van der Waals surface area contributed by atoms with Gasteiger partial charge in [0.2, 0.25) is 0 Å². The molecule has 0 aromatic carbocycles. The first kappa shape index (κ1) is 13.6. The fourth-order valence-electron chi connectivity index (χ4n) is 2.73. The zero-order valence-electron chi connectivity index (χ0n) is 11.8. The minimum atomic E-state index is 0.901. The van der Waals surface area contributed by atoms with Crippen LogP contribution in [0.3, 0.4) is 0 Å². The Morgan fingerprint density at radius 2 is 2.06 bits per heavy atom. The van der Waals surface area contributed by atoms with Crippen LogP contribution < -0.4 is 5.32 Å². The number of aromatic nitrogens is 1. The first-order valence-corrected chi connectivity index (χ1v) is 6.99. The van der Waals surface area contributed by atoms with Gasteiger partial charge in [-0.05, 0) is 65.7 Å². The molecule has 0 unspecified atom stereocenters. The number of piperidine rings is 1. The summed E-state index contributed by atoms with van der Waals surface area (Å²) in [7, 11) is 2.03. The normalized spacial score (nSPS) is 18.4. The minimum absolute atomic E-state index is 0.901. The maximum Gasteiger partial charge on any atom is 0.138 e. The van der Waals surface area contributed by atoms with E-state index in [9.17, 15) is 0 Å². The van der Waals surface area contributed by atoms with Gasteiger partial charge in [0.1, 0.15) is 5.76 Å². The lowest BCUT2D eigenvalue weighted by Crippen LogP contribution is -2.34. The van der Waals surface area contributed by atoms with Crippen LogP contribution in [0, 0.1) is 19.8 Å². The van der Waals surface area contributed by atoms with Gasteiger partial charge in [-0.3, -0.25) is 4.90 Å². The van der Waals surface area contributed by atoms with Gasteiger partial charge in [0.15, 0.2) is 0 Å². The van der Waals surface area contributed by atoms with Crippen LogP contribution in [0.15, 0.2) is 4.52 Å². The van der Waals surface area contributed by atoms with Gasteiger partial charge in [0.25, 0.3) is 0 Å². The molecule has 2 rings (SSSR count). The highest BCUT2D eigenvalue weighted by atomic mass is 16.5. The van der Waals surface area contributed by atoms with Crippen molar-refractivity contribution in [2.24, 2.45) is 5.92 Å². The molecule has 1 fully saturated rings. The standard InChI is InChI=1S/C14H25N3O/c1-11-14(12(2)18-16-11)10-17-8-5-13(6-9-17)4-7-15-3/h13,15H,4-10H2,1-3H3. The number of likely N-dealkylation sites (tertiary alicyclic amines) is 1. The zero-order valence-corrected chi connectivity index (χ0v) is 11.8. The Balaban J connectivity index is 1.80. The lowest BCUT2D eigenvalue weighted by molar-refractivity contribution is 0.171. The maximum atomic E-state index is 5.23. The molecule has 0 aliphatic carbocycles. The summed E-state index contributed by atoms with van der Waals surface area (Å²) >= 11 is 0. The lowest BCUT2D eigenvalue weighted by atomic mass is 9.93. The van der Waals surface area contributed by atoms with Crippen molar-refractivity contribution in [3.05, 3.63) is 17.0 Å². The molecule has 18 heavy (non-hydrogen) atoms. The Bertz CT molecular complexity index is 348. The van der Waals surface area contributed by atoms with Crippen molar-refractivity contribution in [3.63, 3.8) is 0 Å². The Hall–Kier alpha value is -0.870. The maximum absolute atomic E-state index is 5.23. The van der Waals surface area contributed by atoms with Crippen molar-refractivity contribution < 1.29 is 4.52 Å². The third kappa shape index (κ3) is 3.33. The summed E-state index contributed by atoms with van der Waals surface area (Å²) in [5.74, 6) is 1.88. The average molecular weight is 251 g/mol. The minimum Gasteiger partial charge on any atom is -0.361 e. The van der Waals surface area contributed by atoms with E-state index in [4.69, 9.17) is 4.52 Å². The number of hydrogen-bond acceptors (Lipinski definition) is 4. The van der Waals surface area contributed by atoms with E-state index in [0.29, 0.717) is 0 Å². The van der Waals surface area contributed by atoms with E-state index >= 15 is 0 Å². The van der Waals surface area contributed by atoms with E-state index < -0.39 is 0 Å². The topological polar surface area (TPSA) is 41.3 Å². The molecule has 1 aliphatic rings. The summed E-state index contributed by atoms with van der Waals surface area (Å²) < 4.78 is 5.23. The van der Waals surface area contributed by atoms with Crippen molar-refractivity contribution in [2.75, 3.05) is 26.7 Å².